The standard InChI is InChI=1S/C14H19FN2Si/c1-18(2,3)9-6-12-10-13(11-16-14(12)15)17-7-4-5-8-17/h10-11H,4-5,7-8H2,1-3H3. The molecular formula is C14H19FN2Si. The van der Waals surface area contributed by atoms with Crippen LogP contribution in [0.1, 0.15) is 18.4 Å². The van der Waals surface area contributed by atoms with Crippen LogP contribution < -0.4 is 4.90 Å². The van der Waals surface area contributed by atoms with E-state index in [1.165, 1.54) is 12.8 Å². The van der Waals surface area contributed by atoms with E-state index in [2.05, 4.69) is 41.0 Å². The van der Waals surface area contributed by atoms with Crippen molar-refractivity contribution < 1.29 is 4.39 Å². The summed E-state index contributed by atoms with van der Waals surface area (Å²) in [6.45, 7) is 8.52. The van der Waals surface area contributed by atoms with E-state index in [-0.39, 0.29) is 0 Å². The Morgan fingerprint density at radius 2 is 1.94 bits per heavy atom. The van der Waals surface area contributed by atoms with Crippen LogP contribution in [-0.2, 0) is 0 Å². The van der Waals surface area contributed by atoms with E-state index in [9.17, 15) is 4.39 Å². The first-order valence-electron chi connectivity index (χ1n) is 6.39. The molecule has 0 radical (unpaired) electrons. The summed E-state index contributed by atoms with van der Waals surface area (Å²) in [4.78, 5) is 6.07. The first kappa shape index (κ1) is 13.1. The summed E-state index contributed by atoms with van der Waals surface area (Å²) in [6.07, 6.45) is 4.01. The Morgan fingerprint density at radius 1 is 1.28 bits per heavy atom. The summed E-state index contributed by atoms with van der Waals surface area (Å²) in [5, 5.41) is 0. The molecule has 0 amide bonds. The van der Waals surface area contributed by atoms with Gasteiger partial charge >= 0.3 is 0 Å². The molecule has 1 aliphatic heterocycles. The van der Waals surface area contributed by atoms with Crippen LogP contribution in [0.3, 0.4) is 0 Å². The molecule has 1 saturated heterocycles. The third-order valence-electron chi connectivity index (χ3n) is 2.87. The van der Waals surface area contributed by atoms with E-state index in [1.807, 2.05) is 6.07 Å². The van der Waals surface area contributed by atoms with Crippen molar-refractivity contribution in [2.45, 2.75) is 32.5 Å². The molecule has 1 aromatic heterocycles. The molecule has 0 unspecified atom stereocenters. The van der Waals surface area contributed by atoms with Crippen molar-refractivity contribution in [3.63, 3.8) is 0 Å². The van der Waals surface area contributed by atoms with Crippen molar-refractivity contribution in [2.75, 3.05) is 18.0 Å². The molecule has 2 rings (SSSR count). The number of anilines is 1. The minimum Gasteiger partial charge on any atom is -0.370 e. The van der Waals surface area contributed by atoms with Crippen LogP contribution in [-0.4, -0.2) is 26.1 Å². The second kappa shape index (κ2) is 5.11. The quantitative estimate of drug-likeness (QED) is 0.439. The Labute approximate surface area is 109 Å². The summed E-state index contributed by atoms with van der Waals surface area (Å²) in [5.74, 6) is 2.51. The zero-order valence-electron chi connectivity index (χ0n) is 11.3. The van der Waals surface area contributed by atoms with E-state index in [1.54, 1.807) is 6.20 Å². The zero-order valence-corrected chi connectivity index (χ0v) is 12.3. The predicted octanol–water partition coefficient (Wildman–Crippen LogP) is 3.05. The van der Waals surface area contributed by atoms with E-state index in [0.29, 0.717) is 5.56 Å². The smallest absolute Gasteiger partial charge is 0.228 e. The Morgan fingerprint density at radius 3 is 2.56 bits per heavy atom. The molecular weight excluding hydrogens is 243 g/mol. The fraction of sp³-hybridized carbons (Fsp3) is 0.500. The van der Waals surface area contributed by atoms with Gasteiger partial charge in [0.2, 0.25) is 5.95 Å². The average Bonchev–Trinajstić information content (AvgIpc) is 2.80. The van der Waals surface area contributed by atoms with Crippen LogP contribution in [0.2, 0.25) is 19.6 Å². The van der Waals surface area contributed by atoms with Crippen LogP contribution in [0.15, 0.2) is 12.3 Å². The second-order valence-corrected chi connectivity index (χ2v) is 10.5. The monoisotopic (exact) mass is 262 g/mol. The summed E-state index contributed by atoms with van der Waals surface area (Å²) < 4.78 is 13.6. The molecule has 2 heterocycles. The first-order valence-corrected chi connectivity index (χ1v) is 9.89. The number of aromatic nitrogens is 1. The summed E-state index contributed by atoms with van der Waals surface area (Å²) in [6, 6.07) is 1.83. The lowest BCUT2D eigenvalue weighted by Crippen LogP contribution is -2.18. The Hall–Kier alpha value is -1.34. The minimum atomic E-state index is -1.48. The summed E-state index contributed by atoms with van der Waals surface area (Å²) >= 11 is 0. The van der Waals surface area contributed by atoms with Crippen LogP contribution in [0.4, 0.5) is 10.1 Å². The lowest BCUT2D eigenvalue weighted by Gasteiger charge is -2.17. The van der Waals surface area contributed by atoms with Crippen molar-refractivity contribution in [3.05, 3.63) is 23.8 Å². The van der Waals surface area contributed by atoms with Gasteiger partial charge in [-0.05, 0) is 18.9 Å². The largest absolute Gasteiger partial charge is 0.370 e. The fourth-order valence-electron chi connectivity index (χ4n) is 1.93. The van der Waals surface area contributed by atoms with Crippen molar-refractivity contribution in [1.29, 1.82) is 0 Å². The predicted molar refractivity (Wildman–Crippen MR) is 75.9 cm³/mol. The van der Waals surface area contributed by atoms with Gasteiger partial charge in [-0.3, -0.25) is 0 Å². The molecule has 0 atom stereocenters. The number of halogens is 1. The number of pyridine rings is 1. The normalized spacial score (nSPS) is 15.4. The minimum absolute atomic E-state index is 0.432. The van der Waals surface area contributed by atoms with Gasteiger partial charge in [0.15, 0.2) is 0 Å². The maximum Gasteiger partial charge on any atom is 0.228 e. The van der Waals surface area contributed by atoms with E-state index < -0.39 is 14.0 Å². The number of hydrogen-bond acceptors (Lipinski definition) is 2. The zero-order chi connectivity index (χ0) is 13.2. The lowest BCUT2D eigenvalue weighted by atomic mass is 10.2. The number of rotatable bonds is 1. The highest BCUT2D eigenvalue weighted by atomic mass is 28.3. The van der Waals surface area contributed by atoms with Gasteiger partial charge in [0.05, 0.1) is 17.4 Å². The highest BCUT2D eigenvalue weighted by molar-refractivity contribution is 6.83. The maximum atomic E-state index is 13.6. The molecule has 1 aliphatic rings. The van der Waals surface area contributed by atoms with Gasteiger partial charge in [0, 0.05) is 13.1 Å². The molecule has 96 valence electrons. The van der Waals surface area contributed by atoms with Crippen molar-refractivity contribution in [2.24, 2.45) is 0 Å². The highest BCUT2D eigenvalue weighted by Crippen LogP contribution is 2.21. The first-order chi connectivity index (χ1) is 8.46. The Balaban J connectivity index is 2.28. The molecule has 0 aliphatic carbocycles. The summed E-state index contributed by atoms with van der Waals surface area (Å²) in [7, 11) is -1.48. The van der Waals surface area contributed by atoms with Gasteiger partial charge in [-0.1, -0.05) is 25.6 Å². The van der Waals surface area contributed by atoms with Crippen LogP contribution in [0.25, 0.3) is 0 Å². The fourth-order valence-corrected chi connectivity index (χ4v) is 2.44. The van der Waals surface area contributed by atoms with Gasteiger partial charge in [0.25, 0.3) is 0 Å². The maximum absolute atomic E-state index is 13.6. The topological polar surface area (TPSA) is 16.1 Å². The Kier molecular flexibility index (Phi) is 3.72. The van der Waals surface area contributed by atoms with Gasteiger partial charge < -0.3 is 4.90 Å². The van der Waals surface area contributed by atoms with E-state index in [4.69, 9.17) is 0 Å². The molecule has 0 aromatic carbocycles. The SMILES string of the molecule is C[Si](C)(C)C#Cc1cc(N2CCCC2)cnc1F. The van der Waals surface area contributed by atoms with Gasteiger partial charge in [-0.15, -0.1) is 5.54 Å². The van der Waals surface area contributed by atoms with Crippen molar-refractivity contribution >= 4 is 13.8 Å². The van der Waals surface area contributed by atoms with Gasteiger partial charge in [-0.2, -0.15) is 4.39 Å². The van der Waals surface area contributed by atoms with E-state index in [0.717, 1.165) is 18.8 Å². The third-order valence-corrected chi connectivity index (χ3v) is 3.74. The highest BCUT2D eigenvalue weighted by Gasteiger charge is 2.14. The van der Waals surface area contributed by atoms with E-state index >= 15 is 0 Å². The molecule has 4 heteroatoms. The molecule has 0 spiro atoms. The third kappa shape index (κ3) is 3.33. The van der Waals surface area contributed by atoms with Crippen LogP contribution in [0.5, 0.6) is 0 Å². The van der Waals surface area contributed by atoms with Gasteiger partial charge in [0.1, 0.15) is 8.07 Å². The average molecular weight is 262 g/mol. The van der Waals surface area contributed by atoms with Crippen molar-refractivity contribution in [1.82, 2.24) is 4.98 Å². The molecule has 0 saturated carbocycles. The van der Waals surface area contributed by atoms with Crippen LogP contribution >= 0.6 is 0 Å². The Bertz CT molecular complexity index is 491. The lowest BCUT2D eigenvalue weighted by molar-refractivity contribution is 0.580. The number of nitrogens with zero attached hydrogens (tertiary/aromatic N) is 2. The molecule has 0 N–H and O–H groups in total. The molecule has 1 fully saturated rings. The molecule has 2 nitrogen and oxygen atoms in total. The number of hydrogen-bond donors (Lipinski definition) is 0. The van der Waals surface area contributed by atoms with Gasteiger partial charge in [-0.25, -0.2) is 4.98 Å². The molecule has 1 aromatic rings. The summed E-state index contributed by atoms with van der Waals surface area (Å²) in [5.41, 5.74) is 4.61. The second-order valence-electron chi connectivity index (χ2n) is 5.73. The molecule has 18 heavy (non-hydrogen) atoms. The van der Waals surface area contributed by atoms with Crippen LogP contribution in [0, 0.1) is 17.4 Å². The van der Waals surface area contributed by atoms with Crippen molar-refractivity contribution in [3.8, 4) is 11.5 Å². The molecule has 0 bridgehead atoms.